The summed E-state index contributed by atoms with van der Waals surface area (Å²) in [4.78, 5) is 15.2. The molecule has 3 rings (SSSR count). The lowest BCUT2D eigenvalue weighted by Gasteiger charge is -2.37. The van der Waals surface area contributed by atoms with Gasteiger partial charge in [-0.2, -0.15) is 0 Å². The molecule has 0 spiro atoms. The van der Waals surface area contributed by atoms with Crippen molar-refractivity contribution in [3.8, 4) is 5.75 Å². The van der Waals surface area contributed by atoms with Crippen LogP contribution in [0.25, 0.3) is 0 Å². The molecule has 4 nitrogen and oxygen atoms in total. The van der Waals surface area contributed by atoms with Crippen LogP contribution in [0.2, 0.25) is 0 Å². The lowest BCUT2D eigenvalue weighted by atomic mass is 9.83. The van der Waals surface area contributed by atoms with Gasteiger partial charge in [0.25, 0.3) is 0 Å². The molecule has 1 amide bonds. The van der Waals surface area contributed by atoms with Crippen molar-refractivity contribution in [3.63, 3.8) is 0 Å². The lowest BCUT2D eigenvalue weighted by Crippen LogP contribution is -2.46. The average molecular weight is 411 g/mol. The van der Waals surface area contributed by atoms with E-state index in [1.165, 1.54) is 6.07 Å². The molecule has 0 saturated carbocycles. The predicted molar refractivity (Wildman–Crippen MR) is 118 cm³/mol. The predicted octanol–water partition coefficient (Wildman–Crippen LogP) is 4.09. The zero-order valence-electron chi connectivity index (χ0n) is 17.9. The summed E-state index contributed by atoms with van der Waals surface area (Å²) in [5.74, 6) is 0.814. The smallest absolute Gasteiger partial charge is 0.224 e. The lowest BCUT2D eigenvalue weighted by molar-refractivity contribution is -0.126. The van der Waals surface area contributed by atoms with Crippen molar-refractivity contribution >= 4 is 5.91 Å². The number of carbonyl (C=O) groups is 1. The molecule has 2 aromatic carbocycles. The molecule has 1 N–H and O–H groups in total. The third-order valence-corrected chi connectivity index (χ3v) is 5.82. The van der Waals surface area contributed by atoms with Crippen molar-refractivity contribution in [2.75, 3.05) is 33.3 Å². The number of amides is 1. The fourth-order valence-electron chi connectivity index (χ4n) is 4.25. The fraction of sp³-hybridized carbons (Fsp3) is 0.400. The summed E-state index contributed by atoms with van der Waals surface area (Å²) < 4.78 is 19.1. The molecule has 160 valence electrons. The second-order valence-electron chi connectivity index (χ2n) is 8.00. The molecule has 2 aromatic rings. The highest BCUT2D eigenvalue weighted by Gasteiger charge is 2.32. The van der Waals surface area contributed by atoms with Crippen molar-refractivity contribution in [2.24, 2.45) is 5.92 Å². The fourth-order valence-corrected chi connectivity index (χ4v) is 4.25. The van der Waals surface area contributed by atoms with Crippen molar-refractivity contribution in [1.29, 1.82) is 0 Å². The van der Waals surface area contributed by atoms with Gasteiger partial charge in [-0.1, -0.05) is 36.4 Å². The largest absolute Gasteiger partial charge is 0.496 e. The Morgan fingerprint density at radius 2 is 2.10 bits per heavy atom. The molecule has 2 unspecified atom stereocenters. The number of hydrogen-bond donors (Lipinski definition) is 1. The molecule has 1 aliphatic heterocycles. The third-order valence-electron chi connectivity index (χ3n) is 5.82. The van der Waals surface area contributed by atoms with E-state index in [0.29, 0.717) is 18.7 Å². The molecule has 0 radical (unpaired) electrons. The number of carbonyl (C=O) groups excluding carboxylic acids is 1. The van der Waals surface area contributed by atoms with E-state index in [-0.39, 0.29) is 23.6 Å². The SMILES string of the molecule is C=CCN1CC(C(=O)NCCc2ccccc2OC)CC(c2ccc(F)c(C)c2)C1. The highest BCUT2D eigenvalue weighted by molar-refractivity contribution is 5.79. The molecule has 1 fully saturated rings. The van der Waals surface area contributed by atoms with Crippen LogP contribution in [-0.4, -0.2) is 44.1 Å². The minimum Gasteiger partial charge on any atom is -0.496 e. The number of ether oxygens (including phenoxy) is 1. The van der Waals surface area contributed by atoms with E-state index in [0.717, 1.165) is 42.8 Å². The van der Waals surface area contributed by atoms with E-state index >= 15 is 0 Å². The molecule has 0 aromatic heterocycles. The van der Waals surface area contributed by atoms with Gasteiger partial charge < -0.3 is 10.1 Å². The van der Waals surface area contributed by atoms with Crippen molar-refractivity contribution < 1.29 is 13.9 Å². The Labute approximate surface area is 178 Å². The second kappa shape index (κ2) is 10.4. The summed E-state index contributed by atoms with van der Waals surface area (Å²) in [6.07, 6.45) is 3.35. The van der Waals surface area contributed by atoms with Crippen LogP contribution in [0.5, 0.6) is 5.75 Å². The highest BCUT2D eigenvalue weighted by Crippen LogP contribution is 2.31. The molecular formula is C25H31FN2O2. The zero-order chi connectivity index (χ0) is 21.5. The average Bonchev–Trinajstić information content (AvgIpc) is 2.76. The Bertz CT molecular complexity index is 883. The first-order chi connectivity index (χ1) is 14.5. The number of methoxy groups -OCH3 is 1. The van der Waals surface area contributed by atoms with E-state index in [2.05, 4.69) is 16.8 Å². The summed E-state index contributed by atoms with van der Waals surface area (Å²) >= 11 is 0. The van der Waals surface area contributed by atoms with Crippen LogP contribution in [0.3, 0.4) is 0 Å². The van der Waals surface area contributed by atoms with Gasteiger partial charge in [0.15, 0.2) is 0 Å². The van der Waals surface area contributed by atoms with E-state index in [4.69, 9.17) is 4.74 Å². The topological polar surface area (TPSA) is 41.6 Å². The van der Waals surface area contributed by atoms with E-state index in [1.54, 1.807) is 14.0 Å². The zero-order valence-corrected chi connectivity index (χ0v) is 17.9. The number of nitrogens with zero attached hydrogens (tertiary/aromatic N) is 1. The minimum absolute atomic E-state index is 0.0718. The number of para-hydroxylation sites is 1. The van der Waals surface area contributed by atoms with Gasteiger partial charge >= 0.3 is 0 Å². The molecule has 0 bridgehead atoms. The van der Waals surface area contributed by atoms with Gasteiger partial charge in [0.2, 0.25) is 5.91 Å². The molecule has 1 heterocycles. The number of halogens is 1. The van der Waals surface area contributed by atoms with Crippen LogP contribution < -0.4 is 10.1 Å². The van der Waals surface area contributed by atoms with Gasteiger partial charge in [0.05, 0.1) is 13.0 Å². The van der Waals surface area contributed by atoms with Gasteiger partial charge in [-0.15, -0.1) is 6.58 Å². The van der Waals surface area contributed by atoms with Gasteiger partial charge in [-0.3, -0.25) is 9.69 Å². The first kappa shape index (κ1) is 22.0. The van der Waals surface area contributed by atoms with Crippen LogP contribution in [0.15, 0.2) is 55.1 Å². The van der Waals surface area contributed by atoms with Crippen molar-refractivity contribution in [1.82, 2.24) is 10.2 Å². The Balaban J connectivity index is 1.64. The van der Waals surface area contributed by atoms with Crippen LogP contribution in [0.4, 0.5) is 4.39 Å². The third kappa shape index (κ3) is 5.48. The van der Waals surface area contributed by atoms with Crippen molar-refractivity contribution in [3.05, 3.63) is 77.6 Å². The molecule has 2 atom stereocenters. The maximum Gasteiger partial charge on any atom is 0.224 e. The van der Waals surface area contributed by atoms with Gasteiger partial charge in [-0.25, -0.2) is 4.39 Å². The van der Waals surface area contributed by atoms with Crippen LogP contribution in [-0.2, 0) is 11.2 Å². The molecule has 0 aliphatic carbocycles. The number of hydrogen-bond acceptors (Lipinski definition) is 3. The molecule has 1 saturated heterocycles. The van der Waals surface area contributed by atoms with Crippen molar-refractivity contribution in [2.45, 2.75) is 25.7 Å². The molecule has 30 heavy (non-hydrogen) atoms. The summed E-state index contributed by atoms with van der Waals surface area (Å²) in [5, 5.41) is 3.10. The number of nitrogens with one attached hydrogen (secondary N) is 1. The minimum atomic E-state index is -0.192. The second-order valence-corrected chi connectivity index (χ2v) is 8.00. The maximum absolute atomic E-state index is 13.7. The first-order valence-electron chi connectivity index (χ1n) is 10.5. The number of rotatable bonds is 8. The Kier molecular flexibility index (Phi) is 7.63. The highest BCUT2D eigenvalue weighted by atomic mass is 19.1. The Morgan fingerprint density at radius 3 is 2.83 bits per heavy atom. The van der Waals surface area contributed by atoms with E-state index in [9.17, 15) is 9.18 Å². The van der Waals surface area contributed by atoms with Crippen LogP contribution >= 0.6 is 0 Å². The monoisotopic (exact) mass is 410 g/mol. The molecule has 1 aliphatic rings. The number of aryl methyl sites for hydroxylation is 1. The van der Waals surface area contributed by atoms with E-state index in [1.807, 2.05) is 42.5 Å². The normalized spacial score (nSPS) is 19.3. The maximum atomic E-state index is 13.7. The Hall–Kier alpha value is -2.66. The quantitative estimate of drug-likeness (QED) is 0.667. The van der Waals surface area contributed by atoms with Crippen LogP contribution in [0, 0.1) is 18.7 Å². The Morgan fingerprint density at radius 1 is 1.30 bits per heavy atom. The number of piperidine rings is 1. The van der Waals surface area contributed by atoms with Gasteiger partial charge in [0, 0.05) is 26.2 Å². The first-order valence-corrected chi connectivity index (χ1v) is 10.5. The summed E-state index contributed by atoms with van der Waals surface area (Å²) in [5.41, 5.74) is 2.82. The standard InChI is InChI=1S/C25H31FN2O2/c1-4-13-28-16-21(20-9-10-23(26)18(2)14-20)15-22(17-28)25(29)27-12-11-19-7-5-6-8-24(19)30-3/h4-10,14,21-22H,1,11-13,15-17H2,2-3H3,(H,27,29). The summed E-state index contributed by atoms with van der Waals surface area (Å²) in [6, 6.07) is 13.2. The summed E-state index contributed by atoms with van der Waals surface area (Å²) in [7, 11) is 1.66. The van der Waals surface area contributed by atoms with E-state index < -0.39 is 0 Å². The number of likely N-dealkylation sites (tertiary alicyclic amines) is 1. The van der Waals surface area contributed by atoms with Crippen LogP contribution in [0.1, 0.15) is 29.0 Å². The van der Waals surface area contributed by atoms with Gasteiger partial charge in [0.1, 0.15) is 11.6 Å². The number of benzene rings is 2. The summed E-state index contributed by atoms with van der Waals surface area (Å²) in [6.45, 7) is 8.49. The molecular weight excluding hydrogens is 379 g/mol. The molecule has 5 heteroatoms. The van der Waals surface area contributed by atoms with Gasteiger partial charge in [-0.05, 0) is 54.5 Å².